The van der Waals surface area contributed by atoms with E-state index in [-0.39, 0.29) is 6.54 Å². The van der Waals surface area contributed by atoms with E-state index in [1.807, 2.05) is 0 Å². The highest BCUT2D eigenvalue weighted by molar-refractivity contribution is 4.80. The fourth-order valence-corrected chi connectivity index (χ4v) is 0.805. The Kier molecular flexibility index (Phi) is 6.08. The Bertz CT molecular complexity index is 136. The molecule has 0 fully saturated rings. The molecule has 0 radical (unpaired) electrons. The smallest absolute Gasteiger partial charge is 0.111 e. The van der Waals surface area contributed by atoms with E-state index in [2.05, 4.69) is 5.43 Å². The van der Waals surface area contributed by atoms with Gasteiger partial charge in [-0.3, -0.25) is 11.3 Å². The SMILES string of the molecule is NNC[C@@H](O)[C@H](O)[C@@H](O)[C@H](O)CO. The van der Waals surface area contributed by atoms with E-state index in [9.17, 15) is 0 Å². The van der Waals surface area contributed by atoms with Crippen molar-refractivity contribution in [3.05, 3.63) is 0 Å². The fourth-order valence-electron chi connectivity index (χ4n) is 0.805. The monoisotopic (exact) mass is 196 g/mol. The molecule has 0 aliphatic heterocycles. The van der Waals surface area contributed by atoms with Crippen molar-refractivity contribution in [2.45, 2.75) is 24.4 Å². The van der Waals surface area contributed by atoms with Crippen LogP contribution in [0.4, 0.5) is 0 Å². The summed E-state index contributed by atoms with van der Waals surface area (Å²) in [6, 6.07) is 0. The van der Waals surface area contributed by atoms with Crippen molar-refractivity contribution >= 4 is 0 Å². The molecule has 0 aromatic rings. The van der Waals surface area contributed by atoms with Crippen LogP contribution in [-0.2, 0) is 0 Å². The molecule has 0 saturated heterocycles. The molecule has 0 unspecified atom stereocenters. The Hall–Kier alpha value is -0.280. The molecule has 0 saturated carbocycles. The quantitative estimate of drug-likeness (QED) is 0.169. The summed E-state index contributed by atoms with van der Waals surface area (Å²) in [6.07, 6.45) is -5.95. The minimum absolute atomic E-state index is 0.129. The van der Waals surface area contributed by atoms with Crippen molar-refractivity contribution in [2.24, 2.45) is 5.84 Å². The number of hydrazine groups is 1. The van der Waals surface area contributed by atoms with Gasteiger partial charge in [0.05, 0.1) is 12.7 Å². The minimum atomic E-state index is -1.60. The summed E-state index contributed by atoms with van der Waals surface area (Å²) in [6.45, 7) is -0.822. The first-order valence-corrected chi connectivity index (χ1v) is 3.81. The maximum Gasteiger partial charge on any atom is 0.111 e. The van der Waals surface area contributed by atoms with Gasteiger partial charge in [0.25, 0.3) is 0 Å². The zero-order valence-electron chi connectivity index (χ0n) is 7.04. The second kappa shape index (κ2) is 6.22. The average molecular weight is 196 g/mol. The van der Waals surface area contributed by atoms with Crippen LogP contribution < -0.4 is 11.3 Å². The minimum Gasteiger partial charge on any atom is -0.394 e. The van der Waals surface area contributed by atoms with Gasteiger partial charge in [-0.1, -0.05) is 0 Å². The molecule has 0 rings (SSSR count). The van der Waals surface area contributed by atoms with Crippen molar-refractivity contribution in [1.82, 2.24) is 5.43 Å². The van der Waals surface area contributed by atoms with Crippen LogP contribution in [0.3, 0.4) is 0 Å². The molecule has 7 heteroatoms. The molecule has 0 aliphatic carbocycles. The summed E-state index contributed by atoms with van der Waals surface area (Å²) in [5.74, 6) is 4.86. The fraction of sp³-hybridized carbons (Fsp3) is 1.00. The third-order valence-electron chi connectivity index (χ3n) is 1.65. The van der Waals surface area contributed by atoms with Crippen molar-refractivity contribution in [3.63, 3.8) is 0 Å². The van der Waals surface area contributed by atoms with Gasteiger partial charge in [-0.15, -0.1) is 0 Å². The van der Waals surface area contributed by atoms with Gasteiger partial charge in [-0.05, 0) is 0 Å². The van der Waals surface area contributed by atoms with E-state index in [0.29, 0.717) is 0 Å². The zero-order chi connectivity index (χ0) is 10.4. The number of hydrogen-bond acceptors (Lipinski definition) is 7. The number of rotatable bonds is 6. The van der Waals surface area contributed by atoms with Gasteiger partial charge in [0.15, 0.2) is 0 Å². The van der Waals surface area contributed by atoms with E-state index in [0.717, 1.165) is 0 Å². The maximum atomic E-state index is 9.15. The molecular formula is C6H16N2O5. The lowest BCUT2D eigenvalue weighted by atomic mass is 10.0. The van der Waals surface area contributed by atoms with Gasteiger partial charge in [-0.25, -0.2) is 0 Å². The van der Waals surface area contributed by atoms with Crippen molar-refractivity contribution < 1.29 is 25.5 Å². The van der Waals surface area contributed by atoms with Crippen molar-refractivity contribution in [3.8, 4) is 0 Å². The van der Waals surface area contributed by atoms with E-state index in [1.54, 1.807) is 0 Å². The van der Waals surface area contributed by atoms with Gasteiger partial charge in [0.1, 0.15) is 18.3 Å². The third kappa shape index (κ3) is 3.96. The third-order valence-corrected chi connectivity index (χ3v) is 1.65. The summed E-state index contributed by atoms with van der Waals surface area (Å²) in [5.41, 5.74) is 2.09. The lowest BCUT2D eigenvalue weighted by Gasteiger charge is -2.25. The molecular weight excluding hydrogens is 180 g/mol. The predicted octanol–water partition coefficient (Wildman–Crippen LogP) is -4.11. The molecule has 80 valence electrons. The normalized spacial score (nSPS) is 20.8. The van der Waals surface area contributed by atoms with E-state index < -0.39 is 31.0 Å². The first-order valence-electron chi connectivity index (χ1n) is 3.81. The second-order valence-electron chi connectivity index (χ2n) is 2.71. The van der Waals surface area contributed by atoms with E-state index in [1.165, 1.54) is 0 Å². The predicted molar refractivity (Wildman–Crippen MR) is 43.3 cm³/mol. The largest absolute Gasteiger partial charge is 0.394 e. The summed E-state index contributed by atoms with van der Waals surface area (Å²) in [5, 5.41) is 44.6. The van der Waals surface area contributed by atoms with Gasteiger partial charge >= 0.3 is 0 Å². The molecule has 0 heterocycles. The molecule has 0 amide bonds. The molecule has 13 heavy (non-hydrogen) atoms. The van der Waals surface area contributed by atoms with Crippen LogP contribution >= 0.6 is 0 Å². The molecule has 0 spiro atoms. The topological polar surface area (TPSA) is 139 Å². The average Bonchev–Trinajstić information content (AvgIpc) is 2.14. The van der Waals surface area contributed by atoms with Gasteiger partial charge < -0.3 is 25.5 Å². The molecule has 7 nitrogen and oxygen atoms in total. The molecule has 8 N–H and O–H groups in total. The van der Waals surface area contributed by atoms with Crippen LogP contribution in [0.5, 0.6) is 0 Å². The Morgan fingerprint density at radius 3 is 1.85 bits per heavy atom. The van der Waals surface area contributed by atoms with Crippen LogP contribution in [0.2, 0.25) is 0 Å². The van der Waals surface area contributed by atoms with Gasteiger partial charge in [-0.2, -0.15) is 0 Å². The maximum absolute atomic E-state index is 9.15. The van der Waals surface area contributed by atoms with Crippen LogP contribution in [0.25, 0.3) is 0 Å². The summed E-state index contributed by atoms with van der Waals surface area (Å²) in [7, 11) is 0. The Morgan fingerprint density at radius 1 is 1.00 bits per heavy atom. The van der Waals surface area contributed by atoms with Crippen LogP contribution in [0.1, 0.15) is 0 Å². The summed E-state index contributed by atoms with van der Waals surface area (Å²) < 4.78 is 0. The van der Waals surface area contributed by atoms with E-state index in [4.69, 9.17) is 31.4 Å². The summed E-state index contributed by atoms with van der Waals surface area (Å²) in [4.78, 5) is 0. The van der Waals surface area contributed by atoms with Gasteiger partial charge in [0.2, 0.25) is 0 Å². The highest BCUT2D eigenvalue weighted by Gasteiger charge is 2.29. The standard InChI is InChI=1S/C6H16N2O5/c7-8-1-3(10)5(12)6(13)4(11)2-9/h3-6,8-13H,1-2,7H2/t3-,4-,5+,6+/m1/s1. The van der Waals surface area contributed by atoms with Crippen LogP contribution in [0, 0.1) is 0 Å². The Morgan fingerprint density at radius 2 is 1.46 bits per heavy atom. The lowest BCUT2D eigenvalue weighted by Crippen LogP contribution is -2.49. The Labute approximate surface area is 75.4 Å². The number of nitrogens with one attached hydrogen (secondary N) is 1. The van der Waals surface area contributed by atoms with Crippen molar-refractivity contribution in [2.75, 3.05) is 13.2 Å². The van der Waals surface area contributed by atoms with Crippen LogP contribution in [-0.4, -0.2) is 63.1 Å². The second-order valence-corrected chi connectivity index (χ2v) is 2.71. The first kappa shape index (κ1) is 12.7. The van der Waals surface area contributed by atoms with Crippen LogP contribution in [0.15, 0.2) is 0 Å². The Balaban J connectivity index is 3.99. The molecule has 4 atom stereocenters. The molecule has 0 bridgehead atoms. The van der Waals surface area contributed by atoms with Crippen molar-refractivity contribution in [1.29, 1.82) is 0 Å². The van der Waals surface area contributed by atoms with Gasteiger partial charge in [0, 0.05) is 6.54 Å². The number of aliphatic hydroxyl groups is 5. The molecule has 0 aromatic carbocycles. The number of aliphatic hydroxyl groups excluding tert-OH is 5. The number of nitrogens with two attached hydrogens (primary N) is 1. The van der Waals surface area contributed by atoms with E-state index >= 15 is 0 Å². The zero-order valence-corrected chi connectivity index (χ0v) is 7.04. The highest BCUT2D eigenvalue weighted by atomic mass is 16.4. The lowest BCUT2D eigenvalue weighted by molar-refractivity contribution is -0.113. The molecule has 0 aromatic heterocycles. The molecule has 0 aliphatic rings. The highest BCUT2D eigenvalue weighted by Crippen LogP contribution is 2.03. The summed E-state index contributed by atoms with van der Waals surface area (Å²) >= 11 is 0. The number of hydrogen-bond donors (Lipinski definition) is 7. The first-order chi connectivity index (χ1) is 6.04.